The van der Waals surface area contributed by atoms with E-state index in [4.69, 9.17) is 14.2 Å². The van der Waals surface area contributed by atoms with E-state index < -0.39 is 0 Å². The van der Waals surface area contributed by atoms with Crippen LogP contribution in [-0.4, -0.2) is 20.1 Å². The lowest BCUT2D eigenvalue weighted by Crippen LogP contribution is -2.59. The maximum Gasteiger partial charge on any atom is 0.256 e. The van der Waals surface area contributed by atoms with Gasteiger partial charge in [-0.15, -0.1) is 0 Å². The Labute approximate surface area is 468 Å². The fourth-order valence-electron chi connectivity index (χ4n) is 15.0. The van der Waals surface area contributed by atoms with Gasteiger partial charge in [0.1, 0.15) is 34.5 Å². The van der Waals surface area contributed by atoms with Crippen molar-refractivity contribution in [2.75, 3.05) is 14.7 Å². The Kier molecular flexibility index (Phi) is 8.68. The van der Waals surface area contributed by atoms with Crippen LogP contribution in [0.1, 0.15) is 0 Å². The van der Waals surface area contributed by atoms with Crippen LogP contribution in [0.25, 0.3) is 32.3 Å². The third kappa shape index (κ3) is 5.79. The minimum Gasteiger partial charge on any atom is -0.458 e. The molecule has 0 bridgehead atoms. The zero-order valence-corrected chi connectivity index (χ0v) is 43.5. The van der Waals surface area contributed by atoms with Crippen molar-refractivity contribution < 1.29 is 14.2 Å². The van der Waals surface area contributed by atoms with E-state index in [-0.39, 0.29) is 20.1 Å². The van der Waals surface area contributed by atoms with Crippen LogP contribution >= 0.6 is 0 Å². The average Bonchev–Trinajstić information content (AvgIpc) is 2.39. The van der Waals surface area contributed by atoms with Crippen LogP contribution < -0.4 is 78.1 Å². The van der Waals surface area contributed by atoms with Crippen molar-refractivity contribution in [1.82, 2.24) is 0 Å². The Morgan fingerprint density at radius 1 is 0.235 bits per heavy atom. The monoisotopic (exact) mass is 1030 g/mol. The summed E-state index contributed by atoms with van der Waals surface area (Å²) in [7, 11) is 0. The van der Waals surface area contributed by atoms with Gasteiger partial charge in [0.2, 0.25) is 0 Å². The van der Waals surface area contributed by atoms with E-state index in [0.29, 0.717) is 0 Å². The van der Waals surface area contributed by atoms with Crippen LogP contribution in [0.4, 0.5) is 51.2 Å². The molecule has 6 aliphatic heterocycles. The average molecular weight is 1030 g/mol. The normalized spacial score (nSPS) is 14.1. The Morgan fingerprint density at radius 2 is 0.580 bits per heavy atom. The molecule has 372 valence electrons. The predicted octanol–water partition coefficient (Wildman–Crippen LogP) is 12.4. The second-order valence-corrected chi connectivity index (χ2v) is 22.1. The molecule has 0 unspecified atom stereocenters. The van der Waals surface area contributed by atoms with Crippen molar-refractivity contribution in [3.63, 3.8) is 0 Å². The fourth-order valence-corrected chi connectivity index (χ4v) is 15.0. The highest BCUT2D eigenvalue weighted by molar-refractivity contribution is 7.01. The van der Waals surface area contributed by atoms with Gasteiger partial charge in [-0.2, -0.15) is 0 Å². The van der Waals surface area contributed by atoms with Crippen molar-refractivity contribution in [3.05, 3.63) is 255 Å². The Morgan fingerprint density at radius 3 is 1.00 bits per heavy atom. The van der Waals surface area contributed by atoms with E-state index in [1.807, 2.05) is 0 Å². The third-order valence-corrected chi connectivity index (χ3v) is 18.2. The first kappa shape index (κ1) is 43.6. The molecule has 0 aliphatic carbocycles. The van der Waals surface area contributed by atoms with Gasteiger partial charge in [-0.05, 0) is 168 Å². The number of hydrogen-bond acceptors (Lipinski definition) is 6. The molecule has 0 atom stereocenters. The first-order valence-corrected chi connectivity index (χ1v) is 28.0. The van der Waals surface area contributed by atoms with Crippen LogP contribution in [0.3, 0.4) is 0 Å². The van der Waals surface area contributed by atoms with E-state index in [0.717, 1.165) is 134 Å². The minimum absolute atomic E-state index is 0.0869. The lowest BCUT2D eigenvalue weighted by Gasteiger charge is -2.41. The number of hydrogen-bond donors (Lipinski definition) is 0. The topological polar surface area (TPSA) is 37.4 Å². The predicted molar refractivity (Wildman–Crippen MR) is 337 cm³/mol. The van der Waals surface area contributed by atoms with E-state index in [2.05, 4.69) is 269 Å². The molecule has 19 rings (SSSR count). The molecular formula is C72H42B3N3O3. The molecule has 0 aromatic heterocycles. The number of fused-ring (bicyclic) bond motifs is 20. The number of rotatable bonds is 3. The minimum atomic E-state index is -0.123. The largest absolute Gasteiger partial charge is 0.458 e. The van der Waals surface area contributed by atoms with E-state index in [1.165, 1.54) is 33.0 Å². The van der Waals surface area contributed by atoms with Crippen molar-refractivity contribution in [1.29, 1.82) is 0 Å². The smallest absolute Gasteiger partial charge is 0.256 e. The molecule has 13 aromatic carbocycles. The van der Waals surface area contributed by atoms with Gasteiger partial charge < -0.3 is 28.9 Å². The molecular weight excluding hydrogens is 987 g/mol. The van der Waals surface area contributed by atoms with Gasteiger partial charge in [-0.1, -0.05) is 158 Å². The van der Waals surface area contributed by atoms with Crippen LogP contribution in [0.2, 0.25) is 0 Å². The van der Waals surface area contributed by atoms with Crippen molar-refractivity contribution in [2.24, 2.45) is 0 Å². The summed E-state index contributed by atoms with van der Waals surface area (Å²) in [4.78, 5) is 7.19. The third-order valence-electron chi connectivity index (χ3n) is 18.2. The van der Waals surface area contributed by atoms with Gasteiger partial charge in [-0.25, -0.2) is 0 Å². The summed E-state index contributed by atoms with van der Waals surface area (Å²) in [5.41, 5.74) is 20.8. The van der Waals surface area contributed by atoms with Gasteiger partial charge in [-0.3, -0.25) is 0 Å². The second-order valence-electron chi connectivity index (χ2n) is 22.1. The van der Waals surface area contributed by atoms with Crippen LogP contribution in [-0.2, 0) is 0 Å². The van der Waals surface area contributed by atoms with E-state index in [1.54, 1.807) is 0 Å². The number of ether oxygens (including phenoxy) is 3. The van der Waals surface area contributed by atoms with Gasteiger partial charge in [0.15, 0.2) is 0 Å². The quantitative estimate of drug-likeness (QED) is 0.130. The molecule has 0 fully saturated rings. The van der Waals surface area contributed by atoms with Crippen LogP contribution in [0, 0.1) is 0 Å². The first-order chi connectivity index (χ1) is 40.2. The molecule has 6 aliphatic rings. The molecule has 13 aromatic rings. The number of benzene rings is 13. The number of para-hydroxylation sites is 6. The highest BCUT2D eigenvalue weighted by Crippen LogP contribution is 2.51. The summed E-state index contributed by atoms with van der Waals surface area (Å²) in [6.07, 6.45) is 0. The van der Waals surface area contributed by atoms with Crippen molar-refractivity contribution in [2.45, 2.75) is 0 Å². The summed E-state index contributed by atoms with van der Waals surface area (Å²) in [5.74, 6) is 5.17. The van der Waals surface area contributed by atoms with Gasteiger partial charge in [0.05, 0.1) is 0 Å². The summed E-state index contributed by atoms with van der Waals surface area (Å²) in [6.45, 7) is -0.298. The lowest BCUT2D eigenvalue weighted by molar-refractivity contribution is 0.488. The molecule has 0 saturated carbocycles. The van der Waals surface area contributed by atoms with Crippen molar-refractivity contribution >= 4 is 153 Å². The molecule has 0 saturated heterocycles. The second kappa shape index (κ2) is 16.1. The Bertz CT molecular complexity index is 4920. The number of nitrogens with zero attached hydrogens (tertiary/aromatic N) is 3. The summed E-state index contributed by atoms with van der Waals surface area (Å²) in [5, 5.41) is 6.47. The molecule has 6 heterocycles. The number of anilines is 9. The van der Waals surface area contributed by atoms with Crippen molar-refractivity contribution in [3.8, 4) is 34.5 Å². The zero-order chi connectivity index (χ0) is 52.6. The molecule has 0 radical (unpaired) electrons. The van der Waals surface area contributed by atoms with Gasteiger partial charge >= 0.3 is 0 Å². The maximum absolute atomic E-state index is 7.60. The van der Waals surface area contributed by atoms with E-state index >= 15 is 0 Å². The SMILES string of the molecule is c1ccc(N2c3ccccc3B3c4cc5c(cc4Oc4cccc2c43)c2c3c(ccc2c2ccc4c(c25)Oc2cccc5c2B4c2ccccc2N5c2ccccc2)B2c4ccccc4N(c4ccccc4)c4cccc(c42)O3)cc1. The van der Waals surface area contributed by atoms with Crippen LogP contribution in [0.15, 0.2) is 255 Å². The summed E-state index contributed by atoms with van der Waals surface area (Å²) < 4.78 is 22.5. The molecule has 81 heavy (non-hydrogen) atoms. The fraction of sp³-hybridized carbons (Fsp3) is 0. The van der Waals surface area contributed by atoms with Crippen LogP contribution in [0.5, 0.6) is 34.5 Å². The highest BCUT2D eigenvalue weighted by Gasteiger charge is 2.46. The van der Waals surface area contributed by atoms with Gasteiger partial charge in [0, 0.05) is 62.0 Å². The molecule has 6 nitrogen and oxygen atoms in total. The van der Waals surface area contributed by atoms with E-state index in [9.17, 15) is 0 Å². The molecule has 0 N–H and O–H groups in total. The zero-order valence-electron chi connectivity index (χ0n) is 43.5. The summed E-state index contributed by atoms with van der Waals surface area (Å²) in [6, 6.07) is 92.7. The molecule has 0 amide bonds. The lowest BCUT2D eigenvalue weighted by atomic mass is 9.33. The standard InChI is InChI=1S/C72H42B3N3O3/c1-4-19-43(20-5-1)76-56-28-13-10-25-50(56)73-53-39-37-46-47-38-40-54-72(81-64-36-18-33-61-70(64)74(54)51-26-11-14-29-57(51)77(61)44-21-6-2-7-22-44)67(47)49-42-65-55(41-48(49)66(46)71(53)80-63-35-17-32-60(76)69(63)73)75-52-27-12-15-30-58(52)78(45-23-8-3-9-24-45)59-31-16-34-62(79-65)68(59)75/h1-42H. The summed E-state index contributed by atoms with van der Waals surface area (Å²) >= 11 is 0. The Hall–Kier alpha value is -10.4. The highest BCUT2D eigenvalue weighted by atomic mass is 16.5. The maximum atomic E-state index is 7.60. The first-order valence-electron chi connectivity index (χ1n) is 28.0. The molecule has 0 spiro atoms. The Balaban J connectivity index is 0.906. The molecule has 9 heteroatoms. The van der Waals surface area contributed by atoms with Gasteiger partial charge in [0.25, 0.3) is 20.1 Å².